The summed E-state index contributed by atoms with van der Waals surface area (Å²) in [6.07, 6.45) is 1.14. The summed E-state index contributed by atoms with van der Waals surface area (Å²) in [5.41, 5.74) is 0. The van der Waals surface area contributed by atoms with Crippen molar-refractivity contribution >= 4 is 21.8 Å². The fourth-order valence-electron chi connectivity index (χ4n) is 2.68. The standard InChI is InChI=1S/C16H25N3O6S/c1-12-10-19(11-13(2)25-12)26(22,23)9-7-17-15(20)5-6-18-16(21)14-4-3-8-24-14/h3-4,8,12-13H,5-7,9-11H2,1-2H3,(H,17,20)(H,18,21). The van der Waals surface area contributed by atoms with Crippen LogP contribution >= 0.6 is 0 Å². The van der Waals surface area contributed by atoms with Crippen molar-refractivity contribution in [2.75, 3.05) is 31.9 Å². The van der Waals surface area contributed by atoms with Gasteiger partial charge < -0.3 is 19.8 Å². The van der Waals surface area contributed by atoms with E-state index in [-0.39, 0.29) is 49.1 Å². The number of rotatable bonds is 8. The van der Waals surface area contributed by atoms with Crippen molar-refractivity contribution in [3.63, 3.8) is 0 Å². The zero-order valence-corrected chi connectivity index (χ0v) is 15.8. The number of amides is 2. The summed E-state index contributed by atoms with van der Waals surface area (Å²) >= 11 is 0. The Balaban J connectivity index is 1.66. The topological polar surface area (TPSA) is 118 Å². The molecule has 2 atom stereocenters. The number of furan rings is 1. The molecule has 1 aliphatic heterocycles. The van der Waals surface area contributed by atoms with Crippen molar-refractivity contribution in [3.05, 3.63) is 24.2 Å². The van der Waals surface area contributed by atoms with E-state index in [0.29, 0.717) is 13.1 Å². The third kappa shape index (κ3) is 6.11. The van der Waals surface area contributed by atoms with Gasteiger partial charge in [-0.2, -0.15) is 4.31 Å². The molecule has 1 aromatic rings. The smallest absolute Gasteiger partial charge is 0.286 e. The van der Waals surface area contributed by atoms with E-state index in [1.165, 1.54) is 16.6 Å². The minimum atomic E-state index is -3.45. The summed E-state index contributed by atoms with van der Waals surface area (Å²) in [5, 5.41) is 5.11. The lowest BCUT2D eigenvalue weighted by Crippen LogP contribution is -2.49. The molecular weight excluding hydrogens is 362 g/mol. The monoisotopic (exact) mass is 387 g/mol. The van der Waals surface area contributed by atoms with Crippen LogP contribution in [0.15, 0.2) is 22.8 Å². The zero-order chi connectivity index (χ0) is 19.2. The highest BCUT2D eigenvalue weighted by Gasteiger charge is 2.30. The van der Waals surface area contributed by atoms with Crippen LogP contribution in [0.4, 0.5) is 0 Å². The highest BCUT2D eigenvalue weighted by atomic mass is 32.2. The molecule has 0 saturated carbocycles. The van der Waals surface area contributed by atoms with Crippen LogP contribution in [0.2, 0.25) is 0 Å². The predicted molar refractivity (Wildman–Crippen MR) is 94.0 cm³/mol. The van der Waals surface area contributed by atoms with Crippen LogP contribution in [0.5, 0.6) is 0 Å². The third-order valence-corrected chi connectivity index (χ3v) is 5.65. The minimum absolute atomic E-state index is 0.0212. The molecule has 1 aromatic heterocycles. The summed E-state index contributed by atoms with van der Waals surface area (Å²) in [5.74, 6) is -0.730. The highest BCUT2D eigenvalue weighted by molar-refractivity contribution is 7.89. The van der Waals surface area contributed by atoms with Crippen LogP contribution in [-0.4, -0.2) is 68.7 Å². The normalized spacial score (nSPS) is 21.3. The van der Waals surface area contributed by atoms with Crippen molar-refractivity contribution in [2.45, 2.75) is 32.5 Å². The number of nitrogens with one attached hydrogen (secondary N) is 2. The van der Waals surface area contributed by atoms with Crippen LogP contribution in [-0.2, 0) is 19.6 Å². The van der Waals surface area contributed by atoms with E-state index < -0.39 is 15.9 Å². The Labute approximate surface area is 153 Å². The molecular formula is C16H25N3O6S. The number of morpholine rings is 1. The van der Waals surface area contributed by atoms with Crippen molar-refractivity contribution < 1.29 is 27.2 Å². The van der Waals surface area contributed by atoms with Crippen LogP contribution in [0.1, 0.15) is 30.8 Å². The van der Waals surface area contributed by atoms with E-state index in [1.54, 1.807) is 6.07 Å². The molecule has 2 amide bonds. The Morgan fingerprint density at radius 3 is 2.50 bits per heavy atom. The quantitative estimate of drug-likeness (QED) is 0.646. The lowest BCUT2D eigenvalue weighted by atomic mass is 10.3. The second kappa shape index (κ2) is 9.15. The number of nitrogens with zero attached hydrogens (tertiary/aromatic N) is 1. The molecule has 146 valence electrons. The predicted octanol–water partition coefficient (Wildman–Crippen LogP) is -0.0453. The molecule has 1 fully saturated rings. The first-order valence-electron chi connectivity index (χ1n) is 8.49. The molecule has 0 bridgehead atoms. The van der Waals surface area contributed by atoms with Gasteiger partial charge in [-0.1, -0.05) is 0 Å². The second-order valence-corrected chi connectivity index (χ2v) is 8.31. The van der Waals surface area contributed by atoms with Crippen molar-refractivity contribution in [3.8, 4) is 0 Å². The van der Waals surface area contributed by atoms with Gasteiger partial charge in [-0.25, -0.2) is 8.42 Å². The average Bonchev–Trinajstić information content (AvgIpc) is 3.08. The first-order chi connectivity index (χ1) is 12.3. The fourth-order valence-corrected chi connectivity index (χ4v) is 4.17. The summed E-state index contributed by atoms with van der Waals surface area (Å²) in [4.78, 5) is 23.4. The summed E-state index contributed by atoms with van der Waals surface area (Å²) in [6, 6.07) is 3.12. The maximum absolute atomic E-state index is 12.3. The van der Waals surface area contributed by atoms with Gasteiger partial charge in [0.1, 0.15) is 0 Å². The van der Waals surface area contributed by atoms with E-state index in [9.17, 15) is 18.0 Å². The SMILES string of the molecule is CC1CN(S(=O)(=O)CCNC(=O)CCNC(=O)c2ccco2)CC(C)O1. The van der Waals surface area contributed by atoms with Gasteiger partial charge in [-0.3, -0.25) is 9.59 Å². The Morgan fingerprint density at radius 2 is 1.88 bits per heavy atom. The van der Waals surface area contributed by atoms with Gasteiger partial charge in [0.05, 0.1) is 24.2 Å². The highest BCUT2D eigenvalue weighted by Crippen LogP contribution is 2.14. The maximum Gasteiger partial charge on any atom is 0.286 e. The molecule has 0 spiro atoms. The van der Waals surface area contributed by atoms with Gasteiger partial charge in [0.2, 0.25) is 15.9 Å². The Kier molecular flexibility index (Phi) is 7.18. The molecule has 26 heavy (non-hydrogen) atoms. The Morgan fingerprint density at radius 1 is 1.19 bits per heavy atom. The number of ether oxygens (including phenoxy) is 1. The van der Waals surface area contributed by atoms with E-state index >= 15 is 0 Å². The number of carbonyl (C=O) groups excluding carboxylic acids is 2. The molecule has 0 aliphatic carbocycles. The maximum atomic E-state index is 12.3. The van der Waals surface area contributed by atoms with Crippen LogP contribution in [0.25, 0.3) is 0 Å². The first kappa shape index (κ1) is 20.4. The molecule has 2 rings (SSSR count). The minimum Gasteiger partial charge on any atom is -0.459 e. The molecule has 9 nitrogen and oxygen atoms in total. The number of sulfonamides is 1. The van der Waals surface area contributed by atoms with E-state index in [4.69, 9.17) is 9.15 Å². The average molecular weight is 387 g/mol. The van der Waals surface area contributed by atoms with Crippen LogP contribution < -0.4 is 10.6 Å². The molecule has 2 unspecified atom stereocenters. The van der Waals surface area contributed by atoms with E-state index in [0.717, 1.165) is 0 Å². The van der Waals surface area contributed by atoms with Crippen molar-refractivity contribution in [2.24, 2.45) is 0 Å². The number of hydrogen-bond acceptors (Lipinski definition) is 6. The van der Waals surface area contributed by atoms with Gasteiger partial charge in [0, 0.05) is 32.6 Å². The van der Waals surface area contributed by atoms with Crippen LogP contribution in [0, 0.1) is 0 Å². The van der Waals surface area contributed by atoms with Crippen LogP contribution in [0.3, 0.4) is 0 Å². The number of hydrogen-bond donors (Lipinski definition) is 2. The molecule has 1 aliphatic rings. The molecule has 2 heterocycles. The largest absolute Gasteiger partial charge is 0.459 e. The Hall–Kier alpha value is -1.91. The van der Waals surface area contributed by atoms with Gasteiger partial charge in [-0.15, -0.1) is 0 Å². The molecule has 10 heteroatoms. The molecule has 0 aromatic carbocycles. The van der Waals surface area contributed by atoms with Crippen molar-refractivity contribution in [1.82, 2.24) is 14.9 Å². The summed E-state index contributed by atoms with van der Waals surface area (Å²) < 4.78 is 36.6. The lowest BCUT2D eigenvalue weighted by molar-refractivity contribution is -0.120. The summed E-state index contributed by atoms with van der Waals surface area (Å²) in [6.45, 7) is 4.46. The van der Waals surface area contributed by atoms with Crippen molar-refractivity contribution in [1.29, 1.82) is 0 Å². The number of carbonyl (C=O) groups is 2. The van der Waals surface area contributed by atoms with Gasteiger partial charge in [0.25, 0.3) is 5.91 Å². The van der Waals surface area contributed by atoms with Gasteiger partial charge in [0.15, 0.2) is 5.76 Å². The first-order valence-corrected chi connectivity index (χ1v) is 10.1. The van der Waals surface area contributed by atoms with Gasteiger partial charge >= 0.3 is 0 Å². The molecule has 1 saturated heterocycles. The Bertz CT molecular complexity index is 694. The van der Waals surface area contributed by atoms with E-state index in [1.807, 2.05) is 13.8 Å². The molecule has 2 N–H and O–H groups in total. The fraction of sp³-hybridized carbons (Fsp3) is 0.625. The zero-order valence-electron chi connectivity index (χ0n) is 14.9. The van der Waals surface area contributed by atoms with Gasteiger partial charge in [-0.05, 0) is 26.0 Å². The molecule has 0 radical (unpaired) electrons. The second-order valence-electron chi connectivity index (χ2n) is 6.22. The summed E-state index contributed by atoms with van der Waals surface area (Å²) in [7, 11) is -3.45. The van der Waals surface area contributed by atoms with E-state index in [2.05, 4.69) is 10.6 Å². The lowest BCUT2D eigenvalue weighted by Gasteiger charge is -2.34. The third-order valence-electron chi connectivity index (χ3n) is 3.84.